The van der Waals surface area contributed by atoms with Gasteiger partial charge in [0.05, 0.1) is 6.26 Å². The van der Waals surface area contributed by atoms with E-state index in [1.54, 1.807) is 6.92 Å². The van der Waals surface area contributed by atoms with Crippen LogP contribution in [0.15, 0.2) is 27.9 Å². The molecule has 0 saturated carbocycles. The molecule has 1 amide bonds. The quantitative estimate of drug-likeness (QED) is 0.930. The summed E-state index contributed by atoms with van der Waals surface area (Å²) in [6.45, 7) is 1.77. The Morgan fingerprint density at radius 1 is 1.60 bits per heavy atom. The number of amides is 1. The standard InChI is InChI=1S/C12H13F3N2O3/c1-2-4-8-7-11(19,12(13,14)15)17(16-8)10(18)9-5-3-6-20-9/h3,5-6,19H,2,4,7H2,1H3/t11-/m1/s1. The maximum Gasteiger partial charge on any atom is 0.438 e. The molecule has 1 atom stereocenters. The highest BCUT2D eigenvalue weighted by atomic mass is 19.4. The molecule has 0 fully saturated rings. The molecule has 1 aliphatic rings. The number of hydrogen-bond acceptors (Lipinski definition) is 4. The lowest BCUT2D eigenvalue weighted by Crippen LogP contribution is -2.56. The second-order valence-electron chi connectivity index (χ2n) is 4.50. The zero-order chi connectivity index (χ0) is 15.0. The predicted octanol–water partition coefficient (Wildman–Crippen LogP) is 2.53. The molecule has 5 nitrogen and oxygen atoms in total. The smallest absolute Gasteiger partial charge is 0.438 e. The molecular formula is C12H13F3N2O3. The first kappa shape index (κ1) is 14.6. The summed E-state index contributed by atoms with van der Waals surface area (Å²) in [4.78, 5) is 12.0. The van der Waals surface area contributed by atoms with Gasteiger partial charge in [-0.25, -0.2) is 0 Å². The molecular weight excluding hydrogens is 277 g/mol. The average Bonchev–Trinajstić information content (AvgIpc) is 2.96. The van der Waals surface area contributed by atoms with Crippen LogP contribution in [-0.2, 0) is 0 Å². The van der Waals surface area contributed by atoms with Gasteiger partial charge in [0, 0.05) is 12.1 Å². The van der Waals surface area contributed by atoms with Crippen LogP contribution in [0.4, 0.5) is 13.2 Å². The zero-order valence-corrected chi connectivity index (χ0v) is 10.6. The van der Waals surface area contributed by atoms with E-state index in [4.69, 9.17) is 4.42 Å². The summed E-state index contributed by atoms with van der Waals surface area (Å²) in [7, 11) is 0. The molecule has 0 unspecified atom stereocenters. The van der Waals surface area contributed by atoms with E-state index in [0.717, 1.165) is 6.26 Å². The number of rotatable bonds is 3. The number of alkyl halides is 3. The van der Waals surface area contributed by atoms with Crippen molar-refractivity contribution in [2.75, 3.05) is 0 Å². The Morgan fingerprint density at radius 3 is 2.80 bits per heavy atom. The second kappa shape index (κ2) is 4.93. The van der Waals surface area contributed by atoms with Gasteiger partial charge in [-0.05, 0) is 18.6 Å². The normalized spacial score (nSPS) is 23.1. The lowest BCUT2D eigenvalue weighted by atomic mass is 10.0. The highest BCUT2D eigenvalue weighted by molar-refractivity contribution is 5.96. The Balaban J connectivity index is 2.37. The summed E-state index contributed by atoms with van der Waals surface area (Å²) < 4.78 is 44.0. The Hall–Kier alpha value is -1.83. The molecule has 2 rings (SSSR count). The second-order valence-corrected chi connectivity index (χ2v) is 4.50. The minimum atomic E-state index is -5.01. The maximum absolute atomic E-state index is 13.1. The van der Waals surface area contributed by atoms with Gasteiger partial charge >= 0.3 is 12.1 Å². The molecule has 1 aromatic heterocycles. The summed E-state index contributed by atoms with van der Waals surface area (Å²) >= 11 is 0. The Morgan fingerprint density at radius 2 is 2.30 bits per heavy atom. The van der Waals surface area contributed by atoms with Gasteiger partial charge in [0.1, 0.15) is 0 Å². The van der Waals surface area contributed by atoms with Gasteiger partial charge < -0.3 is 9.52 Å². The minimum Gasteiger partial charge on any atom is -0.459 e. The Labute approximate surface area is 112 Å². The molecule has 1 N–H and O–H groups in total. The van der Waals surface area contributed by atoms with Crippen LogP contribution in [0.2, 0.25) is 0 Å². The third-order valence-corrected chi connectivity index (χ3v) is 2.96. The number of hydrazone groups is 1. The summed E-state index contributed by atoms with van der Waals surface area (Å²) in [6.07, 6.45) is -3.74. The van der Waals surface area contributed by atoms with E-state index >= 15 is 0 Å². The van der Waals surface area contributed by atoms with E-state index in [9.17, 15) is 23.1 Å². The van der Waals surface area contributed by atoms with Crippen LogP contribution in [0, 0.1) is 0 Å². The molecule has 0 aromatic carbocycles. The molecule has 0 radical (unpaired) electrons. The molecule has 2 heterocycles. The highest BCUT2D eigenvalue weighted by Gasteiger charge is 2.63. The number of hydrogen-bond donors (Lipinski definition) is 1. The largest absolute Gasteiger partial charge is 0.459 e. The minimum absolute atomic E-state index is 0.0663. The van der Waals surface area contributed by atoms with Crippen LogP contribution in [0.25, 0.3) is 0 Å². The molecule has 1 aliphatic heterocycles. The van der Waals surface area contributed by atoms with Gasteiger partial charge in [0.15, 0.2) is 5.76 Å². The number of furan rings is 1. The van der Waals surface area contributed by atoms with Crippen molar-refractivity contribution in [3.8, 4) is 0 Å². The fraction of sp³-hybridized carbons (Fsp3) is 0.500. The van der Waals surface area contributed by atoms with Crippen LogP contribution in [0.3, 0.4) is 0 Å². The van der Waals surface area contributed by atoms with E-state index in [2.05, 4.69) is 5.10 Å². The Kier molecular flexibility index (Phi) is 3.59. The molecule has 110 valence electrons. The van der Waals surface area contributed by atoms with Gasteiger partial charge in [0.2, 0.25) is 0 Å². The number of halogens is 3. The SMILES string of the molecule is CCCC1=NN(C(=O)c2ccco2)[C@](O)(C(F)(F)F)C1. The summed E-state index contributed by atoms with van der Waals surface area (Å²) in [5, 5.41) is 13.6. The van der Waals surface area contributed by atoms with Gasteiger partial charge in [-0.3, -0.25) is 4.79 Å². The molecule has 20 heavy (non-hydrogen) atoms. The van der Waals surface area contributed by atoms with Crippen LogP contribution in [0.1, 0.15) is 36.7 Å². The summed E-state index contributed by atoms with van der Waals surface area (Å²) in [6, 6.07) is 2.58. The van der Waals surface area contributed by atoms with Crippen molar-refractivity contribution in [2.24, 2.45) is 5.10 Å². The number of carbonyl (C=O) groups excluding carboxylic acids is 1. The van der Waals surface area contributed by atoms with Crippen molar-refractivity contribution in [1.29, 1.82) is 0 Å². The van der Waals surface area contributed by atoms with Crippen molar-refractivity contribution in [1.82, 2.24) is 5.01 Å². The zero-order valence-electron chi connectivity index (χ0n) is 10.6. The van der Waals surface area contributed by atoms with E-state index in [1.807, 2.05) is 0 Å². The first-order valence-electron chi connectivity index (χ1n) is 6.03. The number of nitrogens with zero attached hydrogens (tertiary/aromatic N) is 2. The highest BCUT2D eigenvalue weighted by Crippen LogP contribution is 2.41. The van der Waals surface area contributed by atoms with Crippen molar-refractivity contribution in [2.45, 2.75) is 38.1 Å². The third-order valence-electron chi connectivity index (χ3n) is 2.96. The maximum atomic E-state index is 13.1. The van der Waals surface area contributed by atoms with Crippen molar-refractivity contribution in [3.05, 3.63) is 24.2 Å². The molecule has 0 aliphatic carbocycles. The van der Waals surface area contributed by atoms with Gasteiger partial charge in [0.25, 0.3) is 5.72 Å². The number of carbonyl (C=O) groups is 1. The molecule has 0 saturated heterocycles. The monoisotopic (exact) mass is 290 g/mol. The van der Waals surface area contributed by atoms with E-state index in [0.29, 0.717) is 6.42 Å². The fourth-order valence-electron chi connectivity index (χ4n) is 1.98. The number of aliphatic hydroxyl groups is 1. The van der Waals surface area contributed by atoms with Crippen molar-refractivity contribution >= 4 is 11.6 Å². The van der Waals surface area contributed by atoms with Gasteiger partial charge in [-0.15, -0.1) is 0 Å². The van der Waals surface area contributed by atoms with Gasteiger partial charge in [-0.1, -0.05) is 13.3 Å². The predicted molar refractivity (Wildman–Crippen MR) is 62.8 cm³/mol. The van der Waals surface area contributed by atoms with Gasteiger partial charge in [-0.2, -0.15) is 23.3 Å². The lowest BCUT2D eigenvalue weighted by molar-refractivity contribution is -0.297. The van der Waals surface area contributed by atoms with Crippen LogP contribution >= 0.6 is 0 Å². The van der Waals surface area contributed by atoms with E-state index in [-0.39, 0.29) is 22.9 Å². The first-order valence-corrected chi connectivity index (χ1v) is 6.03. The molecule has 0 spiro atoms. The topological polar surface area (TPSA) is 66.0 Å². The fourth-order valence-corrected chi connectivity index (χ4v) is 1.98. The lowest BCUT2D eigenvalue weighted by Gasteiger charge is -2.32. The van der Waals surface area contributed by atoms with Crippen molar-refractivity contribution < 1.29 is 27.5 Å². The third kappa shape index (κ3) is 2.31. The average molecular weight is 290 g/mol. The van der Waals surface area contributed by atoms with Crippen molar-refractivity contribution in [3.63, 3.8) is 0 Å². The molecule has 1 aromatic rings. The van der Waals surface area contributed by atoms with Crippen LogP contribution in [0.5, 0.6) is 0 Å². The van der Waals surface area contributed by atoms with E-state index in [1.165, 1.54) is 12.1 Å². The summed E-state index contributed by atoms with van der Waals surface area (Å²) in [5.74, 6) is -1.44. The molecule has 8 heteroatoms. The van der Waals surface area contributed by atoms with Crippen LogP contribution in [-0.4, -0.2) is 33.6 Å². The molecule has 0 bridgehead atoms. The summed E-state index contributed by atoms with van der Waals surface area (Å²) in [5.41, 5.74) is -3.19. The van der Waals surface area contributed by atoms with Crippen LogP contribution < -0.4 is 0 Å². The van der Waals surface area contributed by atoms with E-state index < -0.39 is 24.2 Å². The Bertz CT molecular complexity index is 525. The first-order chi connectivity index (χ1) is 9.29.